The molecular weight excluding hydrogens is 264 g/mol. The predicted octanol–water partition coefficient (Wildman–Crippen LogP) is 2.54. The zero-order valence-electron chi connectivity index (χ0n) is 12.4. The van der Waals surface area contributed by atoms with Crippen LogP contribution in [0.3, 0.4) is 0 Å². The second kappa shape index (κ2) is 8.60. The Kier molecular flexibility index (Phi) is 6.77. The minimum Gasteiger partial charge on any atom is -0.374 e. The number of carbonyl (C=O) groups excluding carboxylic acids is 1. The number of nitriles is 2. The average Bonchev–Trinajstić information content (AvgIpc) is 2.51. The van der Waals surface area contributed by atoms with Gasteiger partial charge in [0.1, 0.15) is 18.2 Å². The van der Waals surface area contributed by atoms with Crippen molar-refractivity contribution in [2.75, 3.05) is 11.9 Å². The fraction of sp³-hybridized carbons (Fsp3) is 0.438. The zero-order chi connectivity index (χ0) is 15.7. The first-order valence-corrected chi connectivity index (χ1v) is 7.10. The van der Waals surface area contributed by atoms with Crippen molar-refractivity contribution in [3.05, 3.63) is 29.3 Å². The molecule has 1 atom stereocenters. The molecule has 0 aliphatic carbocycles. The number of nitrogens with zero attached hydrogens (tertiary/aromatic N) is 2. The van der Waals surface area contributed by atoms with Gasteiger partial charge in [0.2, 0.25) is 5.91 Å². The van der Waals surface area contributed by atoms with Crippen LogP contribution in [0.5, 0.6) is 0 Å². The summed E-state index contributed by atoms with van der Waals surface area (Å²) in [5, 5.41) is 23.7. The van der Waals surface area contributed by atoms with Gasteiger partial charge in [-0.15, -0.1) is 0 Å². The molecule has 1 amide bonds. The zero-order valence-corrected chi connectivity index (χ0v) is 12.4. The third-order valence-electron chi connectivity index (χ3n) is 3.12. The van der Waals surface area contributed by atoms with Crippen molar-refractivity contribution in [2.24, 2.45) is 0 Å². The van der Waals surface area contributed by atoms with Crippen LogP contribution in [0.2, 0.25) is 0 Å². The van der Waals surface area contributed by atoms with Crippen molar-refractivity contribution >= 4 is 11.6 Å². The minimum atomic E-state index is -0.397. The van der Waals surface area contributed by atoms with Gasteiger partial charge in [-0.05, 0) is 31.5 Å². The molecule has 2 N–H and O–H groups in total. The molecule has 0 fully saturated rings. The Morgan fingerprint density at radius 3 is 2.57 bits per heavy atom. The van der Waals surface area contributed by atoms with Crippen molar-refractivity contribution in [3.63, 3.8) is 0 Å². The van der Waals surface area contributed by atoms with E-state index in [0.29, 0.717) is 23.4 Å². The maximum absolute atomic E-state index is 11.9. The Bertz CT molecular complexity index is 569. The lowest BCUT2D eigenvalue weighted by molar-refractivity contribution is -0.121. The highest BCUT2D eigenvalue weighted by Crippen LogP contribution is 2.15. The Morgan fingerprint density at radius 1 is 1.24 bits per heavy atom. The molecule has 5 nitrogen and oxygen atoms in total. The first-order chi connectivity index (χ1) is 10.1. The lowest BCUT2D eigenvalue weighted by Gasteiger charge is -2.15. The Morgan fingerprint density at radius 2 is 1.95 bits per heavy atom. The van der Waals surface area contributed by atoms with Gasteiger partial charge in [-0.2, -0.15) is 10.5 Å². The van der Waals surface area contributed by atoms with Gasteiger partial charge < -0.3 is 10.6 Å². The molecule has 1 aromatic carbocycles. The maximum Gasteiger partial charge on any atom is 0.242 e. The molecule has 1 rings (SSSR count). The summed E-state index contributed by atoms with van der Waals surface area (Å²) >= 11 is 0. The predicted molar refractivity (Wildman–Crippen MR) is 81.5 cm³/mol. The van der Waals surface area contributed by atoms with Gasteiger partial charge in [0.25, 0.3) is 0 Å². The van der Waals surface area contributed by atoms with Crippen LogP contribution in [-0.4, -0.2) is 18.5 Å². The van der Waals surface area contributed by atoms with Gasteiger partial charge in [-0.1, -0.05) is 19.8 Å². The number of hydrogen-bond acceptors (Lipinski definition) is 4. The van der Waals surface area contributed by atoms with E-state index < -0.39 is 6.04 Å². The van der Waals surface area contributed by atoms with Crippen molar-refractivity contribution < 1.29 is 4.79 Å². The van der Waals surface area contributed by atoms with Crippen LogP contribution < -0.4 is 10.6 Å². The Balaban J connectivity index is 2.59. The molecule has 0 radical (unpaired) electrons. The van der Waals surface area contributed by atoms with Crippen molar-refractivity contribution in [2.45, 2.75) is 39.2 Å². The third kappa shape index (κ3) is 5.16. The van der Waals surface area contributed by atoms with Crippen molar-refractivity contribution in [3.8, 4) is 12.1 Å². The number of nitrogens with one attached hydrogen (secondary N) is 2. The number of carbonyl (C=O) groups is 1. The van der Waals surface area contributed by atoms with E-state index in [1.165, 1.54) is 0 Å². The van der Waals surface area contributed by atoms with Gasteiger partial charge in [-0.3, -0.25) is 4.79 Å². The number of amides is 1. The van der Waals surface area contributed by atoms with Crippen LogP contribution in [0.15, 0.2) is 18.2 Å². The smallest absolute Gasteiger partial charge is 0.242 e. The average molecular weight is 284 g/mol. The maximum atomic E-state index is 11.9. The monoisotopic (exact) mass is 284 g/mol. The van der Waals surface area contributed by atoms with E-state index in [0.717, 1.165) is 19.3 Å². The summed E-state index contributed by atoms with van der Waals surface area (Å²) in [5.74, 6) is -0.0750. The van der Waals surface area contributed by atoms with Crippen molar-refractivity contribution in [1.82, 2.24) is 5.32 Å². The molecule has 0 saturated carbocycles. The van der Waals surface area contributed by atoms with Crippen LogP contribution in [0, 0.1) is 22.7 Å². The highest BCUT2D eigenvalue weighted by Gasteiger charge is 2.12. The SMILES string of the molecule is CCCCCNC(=O)C(C)Nc1ccc(C#N)c(C#N)c1. The first-order valence-electron chi connectivity index (χ1n) is 7.10. The van der Waals surface area contributed by atoms with E-state index >= 15 is 0 Å². The second-order valence-corrected chi connectivity index (χ2v) is 4.85. The number of benzene rings is 1. The van der Waals surface area contributed by atoms with E-state index in [2.05, 4.69) is 17.6 Å². The number of anilines is 1. The fourth-order valence-corrected chi connectivity index (χ4v) is 1.88. The van der Waals surface area contributed by atoms with E-state index in [-0.39, 0.29) is 5.91 Å². The summed E-state index contributed by atoms with van der Waals surface area (Å²) < 4.78 is 0. The van der Waals surface area contributed by atoms with Crippen LogP contribution in [0.4, 0.5) is 5.69 Å². The van der Waals surface area contributed by atoms with E-state index in [9.17, 15) is 4.79 Å². The molecule has 0 heterocycles. The van der Waals surface area contributed by atoms with Crippen molar-refractivity contribution in [1.29, 1.82) is 10.5 Å². The largest absolute Gasteiger partial charge is 0.374 e. The summed E-state index contributed by atoms with van der Waals surface area (Å²) in [5.41, 5.74) is 1.29. The van der Waals surface area contributed by atoms with Crippen LogP contribution in [0.1, 0.15) is 44.2 Å². The van der Waals surface area contributed by atoms with Gasteiger partial charge in [0, 0.05) is 12.2 Å². The molecule has 110 valence electrons. The highest BCUT2D eigenvalue weighted by molar-refractivity contribution is 5.84. The molecule has 1 aromatic rings. The fourth-order valence-electron chi connectivity index (χ4n) is 1.88. The number of rotatable bonds is 7. The molecule has 0 aliphatic heterocycles. The molecule has 21 heavy (non-hydrogen) atoms. The van der Waals surface area contributed by atoms with E-state index in [1.54, 1.807) is 25.1 Å². The molecule has 0 bridgehead atoms. The Hall–Kier alpha value is -2.53. The van der Waals surface area contributed by atoms with Gasteiger partial charge in [0.15, 0.2) is 0 Å². The normalized spacial score (nSPS) is 11.0. The standard InChI is InChI=1S/C16H20N4O/c1-3-4-5-8-19-16(21)12(2)20-15-7-6-13(10-17)14(9-15)11-18/h6-7,9,12,20H,3-5,8H2,1-2H3,(H,19,21). The van der Waals surface area contributed by atoms with Crippen LogP contribution >= 0.6 is 0 Å². The molecule has 1 unspecified atom stereocenters. The third-order valence-corrected chi connectivity index (χ3v) is 3.12. The number of unbranched alkanes of at least 4 members (excludes halogenated alkanes) is 2. The summed E-state index contributed by atoms with van der Waals surface area (Å²) in [7, 11) is 0. The molecular formula is C16H20N4O. The molecule has 0 aromatic heterocycles. The van der Waals surface area contributed by atoms with Crippen LogP contribution in [0.25, 0.3) is 0 Å². The quantitative estimate of drug-likeness (QED) is 0.753. The summed E-state index contributed by atoms with van der Waals surface area (Å²) in [6, 6.07) is 8.39. The minimum absolute atomic E-state index is 0.0750. The van der Waals surface area contributed by atoms with E-state index in [1.807, 2.05) is 12.1 Å². The molecule has 0 saturated heterocycles. The number of hydrogen-bond donors (Lipinski definition) is 2. The lowest BCUT2D eigenvalue weighted by atomic mass is 10.1. The van der Waals surface area contributed by atoms with Gasteiger partial charge >= 0.3 is 0 Å². The Labute approximate surface area is 125 Å². The van der Waals surface area contributed by atoms with Gasteiger partial charge in [-0.25, -0.2) is 0 Å². The van der Waals surface area contributed by atoms with Gasteiger partial charge in [0.05, 0.1) is 11.1 Å². The lowest BCUT2D eigenvalue weighted by Crippen LogP contribution is -2.38. The summed E-state index contributed by atoms with van der Waals surface area (Å²) in [6.45, 7) is 4.55. The summed E-state index contributed by atoms with van der Waals surface area (Å²) in [4.78, 5) is 11.9. The molecule has 0 spiro atoms. The molecule has 5 heteroatoms. The second-order valence-electron chi connectivity index (χ2n) is 4.85. The first kappa shape index (κ1) is 16.5. The topological polar surface area (TPSA) is 88.7 Å². The van der Waals surface area contributed by atoms with E-state index in [4.69, 9.17) is 10.5 Å². The highest BCUT2D eigenvalue weighted by atomic mass is 16.2. The molecule has 0 aliphatic rings. The summed E-state index contributed by atoms with van der Waals surface area (Å²) in [6.07, 6.45) is 3.19. The van der Waals surface area contributed by atoms with Crippen LogP contribution in [-0.2, 0) is 4.79 Å².